The Kier molecular flexibility index (Phi) is 6.65. The maximum absolute atomic E-state index is 12.8. The van der Waals surface area contributed by atoms with Gasteiger partial charge in [0.05, 0.1) is 15.6 Å². The Morgan fingerprint density at radius 2 is 1.93 bits per heavy atom. The Morgan fingerprint density at radius 1 is 1.22 bits per heavy atom. The number of nitrogens with two attached hydrogens (primary N) is 1. The van der Waals surface area contributed by atoms with Crippen molar-refractivity contribution in [2.75, 3.05) is 16.8 Å². The average molecular weight is 438 g/mol. The Hall–Kier alpha value is -1.73. The highest BCUT2D eigenvalue weighted by atomic mass is 35.5. The number of benzene rings is 2. The second-order valence-corrected chi connectivity index (χ2v) is 8.64. The van der Waals surface area contributed by atoms with Gasteiger partial charge in [0.15, 0.2) is 5.13 Å². The fourth-order valence-electron chi connectivity index (χ4n) is 2.38. The Bertz CT molecular complexity index is 955. The third-order valence-electron chi connectivity index (χ3n) is 3.61. The molecule has 0 saturated heterocycles. The molecule has 0 saturated carbocycles. The third-order valence-corrected chi connectivity index (χ3v) is 6.42. The first-order chi connectivity index (χ1) is 13.0. The van der Waals surface area contributed by atoms with Crippen molar-refractivity contribution in [2.24, 2.45) is 0 Å². The van der Waals surface area contributed by atoms with E-state index in [2.05, 4.69) is 23.3 Å². The van der Waals surface area contributed by atoms with Gasteiger partial charge < -0.3 is 11.1 Å². The van der Waals surface area contributed by atoms with Crippen molar-refractivity contribution in [1.82, 2.24) is 4.98 Å². The molecule has 0 aliphatic carbocycles. The topological polar surface area (TPSA) is 68.0 Å². The summed E-state index contributed by atoms with van der Waals surface area (Å²) in [7, 11) is 0. The predicted molar refractivity (Wildman–Crippen MR) is 117 cm³/mol. The molecule has 2 aromatic carbocycles. The van der Waals surface area contributed by atoms with Crippen molar-refractivity contribution in [1.29, 1.82) is 0 Å². The lowest BCUT2D eigenvalue weighted by molar-refractivity contribution is 0.104. The Labute approximate surface area is 176 Å². The van der Waals surface area contributed by atoms with Gasteiger partial charge in [-0.15, -0.1) is 11.8 Å². The standard InChI is InChI=1S/C19H17Cl2N3OS2/c1-2-9-26-12-6-3-5-11(10-12)23-19-24-18(22)17(27-19)16(25)15-13(20)7-4-8-14(15)21/h3-8,10H,2,9,22H2,1H3,(H,23,24). The van der Waals surface area contributed by atoms with E-state index in [4.69, 9.17) is 28.9 Å². The van der Waals surface area contributed by atoms with Crippen LogP contribution in [0.15, 0.2) is 47.4 Å². The lowest BCUT2D eigenvalue weighted by atomic mass is 10.1. The van der Waals surface area contributed by atoms with Crippen molar-refractivity contribution in [2.45, 2.75) is 18.2 Å². The predicted octanol–water partition coefficient (Wildman–Crippen LogP) is 6.51. The first-order valence-corrected chi connectivity index (χ1v) is 10.8. The van der Waals surface area contributed by atoms with Crippen LogP contribution in [0.25, 0.3) is 0 Å². The van der Waals surface area contributed by atoms with Crippen LogP contribution in [0.3, 0.4) is 0 Å². The number of hydrogen-bond donors (Lipinski definition) is 2. The van der Waals surface area contributed by atoms with Gasteiger partial charge in [-0.1, -0.05) is 53.6 Å². The smallest absolute Gasteiger partial charge is 0.209 e. The number of carbonyl (C=O) groups excluding carboxylic acids is 1. The minimum Gasteiger partial charge on any atom is -0.382 e. The zero-order chi connectivity index (χ0) is 19.4. The number of thiazole rings is 1. The summed E-state index contributed by atoms with van der Waals surface area (Å²) >= 11 is 15.3. The number of nitrogen functional groups attached to an aromatic ring is 1. The summed E-state index contributed by atoms with van der Waals surface area (Å²) < 4.78 is 0. The van der Waals surface area contributed by atoms with Gasteiger partial charge in [0.1, 0.15) is 10.7 Å². The summed E-state index contributed by atoms with van der Waals surface area (Å²) in [4.78, 5) is 18.6. The molecule has 0 aliphatic rings. The number of rotatable bonds is 7. The molecule has 0 spiro atoms. The fraction of sp³-hybridized carbons (Fsp3) is 0.158. The van der Waals surface area contributed by atoms with Gasteiger partial charge in [-0.25, -0.2) is 4.98 Å². The first-order valence-electron chi connectivity index (χ1n) is 8.24. The van der Waals surface area contributed by atoms with Crippen LogP contribution in [0.4, 0.5) is 16.6 Å². The molecule has 0 atom stereocenters. The number of halogens is 2. The van der Waals surface area contributed by atoms with Gasteiger partial charge in [0.25, 0.3) is 0 Å². The quantitative estimate of drug-likeness (QED) is 0.325. The number of hydrogen-bond acceptors (Lipinski definition) is 6. The number of ketones is 1. The summed E-state index contributed by atoms with van der Waals surface area (Å²) in [6, 6.07) is 13.0. The van der Waals surface area contributed by atoms with Gasteiger partial charge >= 0.3 is 0 Å². The van der Waals surface area contributed by atoms with Gasteiger partial charge in [0.2, 0.25) is 5.78 Å². The maximum Gasteiger partial charge on any atom is 0.209 e. The molecule has 0 amide bonds. The second kappa shape index (κ2) is 8.97. The molecule has 1 aromatic heterocycles. The van der Waals surface area contributed by atoms with Gasteiger partial charge in [-0.3, -0.25) is 4.79 Å². The first kappa shape index (κ1) is 20.0. The zero-order valence-electron chi connectivity index (χ0n) is 14.5. The molecule has 3 N–H and O–H groups in total. The summed E-state index contributed by atoms with van der Waals surface area (Å²) in [5.74, 6) is 0.881. The summed E-state index contributed by atoms with van der Waals surface area (Å²) in [6.07, 6.45) is 1.11. The van der Waals surface area contributed by atoms with E-state index in [1.54, 1.807) is 30.0 Å². The largest absolute Gasteiger partial charge is 0.382 e. The molecule has 1 heterocycles. The van der Waals surface area contributed by atoms with E-state index < -0.39 is 0 Å². The van der Waals surface area contributed by atoms with E-state index in [9.17, 15) is 4.79 Å². The summed E-state index contributed by atoms with van der Waals surface area (Å²) in [6.45, 7) is 2.15. The van der Waals surface area contributed by atoms with Crippen LogP contribution in [-0.4, -0.2) is 16.5 Å². The molecule has 3 rings (SSSR count). The van der Waals surface area contributed by atoms with Gasteiger partial charge in [-0.2, -0.15) is 0 Å². The lowest BCUT2D eigenvalue weighted by Crippen LogP contribution is -2.04. The molecule has 0 radical (unpaired) electrons. The number of carbonyl (C=O) groups is 1. The van der Waals surface area contributed by atoms with Crippen LogP contribution in [0, 0.1) is 0 Å². The van der Waals surface area contributed by atoms with E-state index in [-0.39, 0.29) is 27.2 Å². The van der Waals surface area contributed by atoms with E-state index in [1.165, 1.54) is 16.2 Å². The highest BCUT2D eigenvalue weighted by molar-refractivity contribution is 7.99. The number of thioether (sulfide) groups is 1. The average Bonchev–Trinajstić information content (AvgIpc) is 3.00. The number of nitrogens with zero attached hydrogens (tertiary/aromatic N) is 1. The van der Waals surface area contributed by atoms with E-state index >= 15 is 0 Å². The third kappa shape index (κ3) is 4.76. The van der Waals surface area contributed by atoms with Gasteiger partial charge in [-0.05, 0) is 42.5 Å². The highest BCUT2D eigenvalue weighted by Gasteiger charge is 2.22. The van der Waals surface area contributed by atoms with Crippen LogP contribution in [0.1, 0.15) is 28.6 Å². The molecule has 4 nitrogen and oxygen atoms in total. The molecular formula is C19H17Cl2N3OS2. The number of anilines is 3. The van der Waals surface area contributed by atoms with Crippen molar-refractivity contribution in [3.05, 3.63) is 63.0 Å². The van der Waals surface area contributed by atoms with E-state index in [0.717, 1.165) is 17.9 Å². The summed E-state index contributed by atoms with van der Waals surface area (Å²) in [5.41, 5.74) is 7.10. The Balaban J connectivity index is 1.84. The van der Waals surface area contributed by atoms with Crippen molar-refractivity contribution in [3.63, 3.8) is 0 Å². The summed E-state index contributed by atoms with van der Waals surface area (Å²) in [5, 5.41) is 4.33. The molecule has 27 heavy (non-hydrogen) atoms. The monoisotopic (exact) mass is 437 g/mol. The fourth-order valence-corrected chi connectivity index (χ4v) is 4.63. The highest BCUT2D eigenvalue weighted by Crippen LogP contribution is 2.34. The van der Waals surface area contributed by atoms with Crippen LogP contribution < -0.4 is 11.1 Å². The zero-order valence-corrected chi connectivity index (χ0v) is 17.6. The molecule has 0 aliphatic heterocycles. The van der Waals surface area contributed by atoms with E-state index in [0.29, 0.717) is 10.0 Å². The van der Waals surface area contributed by atoms with Crippen LogP contribution >= 0.6 is 46.3 Å². The van der Waals surface area contributed by atoms with Crippen LogP contribution in [0.2, 0.25) is 10.0 Å². The number of aromatic nitrogens is 1. The molecule has 0 bridgehead atoms. The molecular weight excluding hydrogens is 421 g/mol. The number of nitrogens with one attached hydrogen (secondary N) is 1. The minimum absolute atomic E-state index is 0.153. The SMILES string of the molecule is CCCSc1cccc(Nc2nc(N)c(C(=O)c3c(Cl)cccc3Cl)s2)c1. The minimum atomic E-state index is -0.332. The van der Waals surface area contributed by atoms with Crippen LogP contribution in [0.5, 0.6) is 0 Å². The lowest BCUT2D eigenvalue weighted by Gasteiger charge is -2.05. The molecule has 8 heteroatoms. The van der Waals surface area contributed by atoms with Crippen molar-refractivity contribution in [3.8, 4) is 0 Å². The van der Waals surface area contributed by atoms with Crippen LogP contribution in [-0.2, 0) is 0 Å². The molecule has 140 valence electrons. The molecule has 3 aromatic rings. The van der Waals surface area contributed by atoms with Crippen molar-refractivity contribution >= 4 is 68.7 Å². The normalized spacial score (nSPS) is 10.8. The second-order valence-electron chi connectivity index (χ2n) is 5.66. The Morgan fingerprint density at radius 3 is 2.63 bits per heavy atom. The maximum atomic E-state index is 12.8. The molecule has 0 fully saturated rings. The van der Waals surface area contributed by atoms with Gasteiger partial charge in [0, 0.05) is 10.6 Å². The van der Waals surface area contributed by atoms with Crippen molar-refractivity contribution < 1.29 is 4.79 Å². The van der Waals surface area contributed by atoms with E-state index in [1.807, 2.05) is 18.2 Å². The molecule has 0 unspecified atom stereocenters.